The number of guanidine groups is 1. The number of thiazole rings is 1. The normalized spacial score (nSPS) is 12.3. The van der Waals surface area contributed by atoms with Crippen LogP contribution >= 0.6 is 36.2 Å². The third-order valence-corrected chi connectivity index (χ3v) is 7.07. The van der Waals surface area contributed by atoms with Gasteiger partial charge in [0.1, 0.15) is 5.75 Å². The molecule has 0 radical (unpaired) electrons. The third-order valence-electron chi connectivity index (χ3n) is 4.64. The van der Waals surface area contributed by atoms with E-state index in [4.69, 9.17) is 16.2 Å². The second-order valence-corrected chi connectivity index (χ2v) is 9.31. The summed E-state index contributed by atoms with van der Waals surface area (Å²) in [5.41, 5.74) is 13.5. The van der Waals surface area contributed by atoms with Crippen molar-refractivity contribution in [3.05, 3.63) is 39.3 Å². The zero-order chi connectivity index (χ0) is 22.5. The average Bonchev–Trinajstić information content (AvgIpc) is 3.21. The standard InChI is InChI=1S/C19H27N5O4S2.2ClH/c1-11-10-15(28-4)12(2)13(3)17(11)30(26,27)24-19(21)23-7-5-6-14(20)16(25)18-22-8-9-29-18;;/h8-10,14H,5-7,20H2,1-4H3,(H3,21,23,24);2*1H/t14-;;/m0../s1. The van der Waals surface area contributed by atoms with Crippen LogP contribution in [0.2, 0.25) is 0 Å². The van der Waals surface area contributed by atoms with Gasteiger partial charge in [-0.05, 0) is 56.4 Å². The monoisotopic (exact) mass is 525 g/mol. The number of ketones is 1. The zero-order valence-electron chi connectivity index (χ0n) is 18.2. The third kappa shape index (κ3) is 7.31. The van der Waals surface area contributed by atoms with Gasteiger partial charge >= 0.3 is 0 Å². The van der Waals surface area contributed by atoms with Crippen molar-refractivity contribution >= 4 is 57.9 Å². The number of nitrogens with one attached hydrogen (secondary N) is 1. The van der Waals surface area contributed by atoms with Crippen molar-refractivity contribution in [1.29, 1.82) is 0 Å². The van der Waals surface area contributed by atoms with Crippen LogP contribution in [0.4, 0.5) is 0 Å². The first-order valence-electron chi connectivity index (χ1n) is 9.25. The van der Waals surface area contributed by atoms with Gasteiger partial charge in [0.15, 0.2) is 5.01 Å². The second-order valence-electron chi connectivity index (χ2n) is 6.80. The number of nitrogens with two attached hydrogens (primary N) is 2. The molecule has 32 heavy (non-hydrogen) atoms. The Morgan fingerprint density at radius 1 is 1.28 bits per heavy atom. The molecule has 9 nitrogen and oxygen atoms in total. The van der Waals surface area contributed by atoms with E-state index in [0.717, 1.165) is 5.56 Å². The molecule has 1 heterocycles. The van der Waals surface area contributed by atoms with Gasteiger partial charge in [0.2, 0.25) is 11.7 Å². The van der Waals surface area contributed by atoms with Crippen LogP contribution < -0.4 is 20.9 Å². The van der Waals surface area contributed by atoms with E-state index >= 15 is 0 Å². The molecule has 5 N–H and O–H groups in total. The predicted octanol–water partition coefficient (Wildman–Crippen LogP) is 2.50. The lowest BCUT2D eigenvalue weighted by atomic mass is 10.1. The predicted molar refractivity (Wildman–Crippen MR) is 132 cm³/mol. The van der Waals surface area contributed by atoms with Gasteiger partial charge in [-0.1, -0.05) is 0 Å². The molecule has 0 saturated carbocycles. The molecular weight excluding hydrogens is 497 g/mol. The molecule has 0 bridgehead atoms. The maximum Gasteiger partial charge on any atom is 0.264 e. The summed E-state index contributed by atoms with van der Waals surface area (Å²) in [4.78, 5) is 20.2. The lowest BCUT2D eigenvalue weighted by Gasteiger charge is -2.17. The maximum absolute atomic E-state index is 12.8. The number of halogens is 2. The highest BCUT2D eigenvalue weighted by Gasteiger charge is 2.23. The van der Waals surface area contributed by atoms with Gasteiger partial charge in [0.25, 0.3) is 10.0 Å². The minimum atomic E-state index is -3.91. The zero-order valence-corrected chi connectivity index (χ0v) is 21.5. The number of hydrogen-bond acceptors (Lipinski definition) is 8. The first kappa shape index (κ1) is 30.1. The number of benzene rings is 1. The molecule has 0 aliphatic rings. The lowest BCUT2D eigenvalue weighted by Crippen LogP contribution is -2.37. The van der Waals surface area contributed by atoms with Crippen LogP contribution in [0.1, 0.15) is 39.3 Å². The summed E-state index contributed by atoms with van der Waals surface area (Å²) in [6.07, 6.45) is 2.41. The molecule has 0 amide bonds. The molecule has 0 unspecified atom stereocenters. The molecule has 180 valence electrons. The van der Waals surface area contributed by atoms with Gasteiger partial charge in [-0.15, -0.1) is 36.2 Å². The first-order chi connectivity index (χ1) is 14.1. The van der Waals surface area contributed by atoms with Crippen molar-refractivity contribution < 1.29 is 17.9 Å². The molecule has 0 aliphatic heterocycles. The van der Waals surface area contributed by atoms with E-state index in [0.29, 0.717) is 34.7 Å². The van der Waals surface area contributed by atoms with E-state index in [1.54, 1.807) is 38.4 Å². The fourth-order valence-electron chi connectivity index (χ4n) is 3.01. The summed E-state index contributed by atoms with van der Waals surface area (Å²) < 4.78 is 33.2. The number of hydrogen-bond donors (Lipinski definition) is 3. The second kappa shape index (κ2) is 12.9. The fourth-order valence-corrected chi connectivity index (χ4v) is 5.13. The number of methoxy groups -OCH3 is 1. The van der Waals surface area contributed by atoms with E-state index in [-0.39, 0.29) is 48.0 Å². The molecule has 2 rings (SSSR count). The van der Waals surface area contributed by atoms with Crippen LogP contribution in [0.25, 0.3) is 0 Å². The van der Waals surface area contributed by atoms with E-state index in [1.165, 1.54) is 18.4 Å². The van der Waals surface area contributed by atoms with Crippen molar-refractivity contribution in [3.8, 4) is 5.75 Å². The summed E-state index contributed by atoms with van der Waals surface area (Å²) in [5, 5.41) is 2.09. The van der Waals surface area contributed by atoms with Crippen LogP contribution in [0, 0.1) is 20.8 Å². The smallest absolute Gasteiger partial charge is 0.264 e. The molecule has 2 aromatic rings. The van der Waals surface area contributed by atoms with Gasteiger partial charge in [0, 0.05) is 18.1 Å². The number of carbonyl (C=O) groups excluding carboxylic acids is 1. The minimum absolute atomic E-state index is 0. The Bertz CT molecular complexity index is 1040. The number of carbonyl (C=O) groups is 1. The van der Waals surface area contributed by atoms with Gasteiger partial charge < -0.3 is 16.2 Å². The van der Waals surface area contributed by atoms with Gasteiger partial charge in [-0.2, -0.15) is 0 Å². The summed E-state index contributed by atoms with van der Waals surface area (Å²) in [6.45, 7) is 5.43. The number of ether oxygens (including phenoxy) is 1. The Labute approximate surface area is 204 Å². The molecule has 0 saturated heterocycles. The molecule has 0 spiro atoms. The molecule has 0 fully saturated rings. The van der Waals surface area contributed by atoms with Gasteiger partial charge in [-0.25, -0.2) is 18.1 Å². The fraction of sp³-hybridized carbons (Fsp3) is 0.421. The van der Waals surface area contributed by atoms with E-state index in [2.05, 4.69) is 14.7 Å². The van der Waals surface area contributed by atoms with Crippen LogP contribution in [-0.4, -0.2) is 44.8 Å². The van der Waals surface area contributed by atoms with Gasteiger partial charge in [0.05, 0.1) is 18.0 Å². The number of aliphatic imine (C=N–C) groups is 1. The average molecular weight is 527 g/mol. The minimum Gasteiger partial charge on any atom is -0.496 e. The van der Waals surface area contributed by atoms with Gasteiger partial charge in [-0.3, -0.25) is 9.79 Å². The van der Waals surface area contributed by atoms with Crippen molar-refractivity contribution in [2.75, 3.05) is 13.7 Å². The quantitative estimate of drug-likeness (QED) is 0.197. The Kier molecular flexibility index (Phi) is 12.2. The van der Waals surface area contributed by atoms with Crippen LogP contribution in [0.5, 0.6) is 5.75 Å². The van der Waals surface area contributed by atoms with Crippen molar-refractivity contribution in [3.63, 3.8) is 0 Å². The first-order valence-corrected chi connectivity index (χ1v) is 11.6. The number of aryl methyl sites for hydroxylation is 1. The Morgan fingerprint density at radius 2 is 1.94 bits per heavy atom. The van der Waals surface area contributed by atoms with E-state index in [9.17, 15) is 13.2 Å². The highest BCUT2D eigenvalue weighted by atomic mass is 35.5. The highest BCUT2D eigenvalue weighted by Crippen LogP contribution is 2.30. The number of rotatable bonds is 9. The van der Waals surface area contributed by atoms with E-state index < -0.39 is 16.1 Å². The topological polar surface area (TPSA) is 150 Å². The summed E-state index contributed by atoms with van der Waals surface area (Å²) in [6, 6.07) is 0.988. The maximum atomic E-state index is 12.8. The lowest BCUT2D eigenvalue weighted by molar-refractivity contribution is 0.0956. The molecule has 1 aromatic heterocycles. The van der Waals surface area contributed by atoms with Crippen molar-refractivity contribution in [2.45, 2.75) is 44.6 Å². The number of aromatic nitrogens is 1. The molecule has 0 aliphatic carbocycles. The highest BCUT2D eigenvalue weighted by molar-refractivity contribution is 7.90. The molecule has 1 atom stereocenters. The molecular formula is C19H29Cl2N5O4S2. The van der Waals surface area contributed by atoms with Crippen LogP contribution in [-0.2, 0) is 10.0 Å². The number of nitrogens with zero attached hydrogens (tertiary/aromatic N) is 2. The summed E-state index contributed by atoms with van der Waals surface area (Å²) in [7, 11) is -2.38. The van der Waals surface area contributed by atoms with Crippen molar-refractivity contribution in [1.82, 2.24) is 9.71 Å². The molecule has 13 heteroatoms. The van der Waals surface area contributed by atoms with E-state index in [1.807, 2.05) is 0 Å². The SMILES string of the molecule is COc1cc(C)c(S(=O)(=O)NC(N)=NCCC[C@H](N)C(=O)c2nccs2)c(C)c1C.Cl.Cl. The summed E-state index contributed by atoms with van der Waals surface area (Å²) >= 11 is 1.24. The van der Waals surface area contributed by atoms with Crippen LogP contribution in [0.15, 0.2) is 27.5 Å². The largest absolute Gasteiger partial charge is 0.496 e. The number of sulfonamides is 1. The Hall–Kier alpha value is -1.92. The summed E-state index contributed by atoms with van der Waals surface area (Å²) in [5.74, 6) is 0.180. The number of Topliss-reactive ketones (excluding diaryl/α,β-unsaturated/α-hetero) is 1. The molecule has 1 aromatic carbocycles. The Morgan fingerprint density at radius 3 is 2.50 bits per heavy atom. The van der Waals surface area contributed by atoms with Crippen LogP contribution in [0.3, 0.4) is 0 Å². The van der Waals surface area contributed by atoms with Crippen molar-refractivity contribution in [2.24, 2.45) is 16.5 Å². The Balaban J connectivity index is 0.00000480.